The van der Waals surface area contributed by atoms with Crippen molar-refractivity contribution in [3.63, 3.8) is 0 Å². The van der Waals surface area contributed by atoms with Crippen LogP contribution in [0.3, 0.4) is 0 Å². The first-order valence-corrected chi connectivity index (χ1v) is 4.48. The van der Waals surface area contributed by atoms with Gasteiger partial charge in [-0.3, -0.25) is 0 Å². The van der Waals surface area contributed by atoms with E-state index in [1.807, 2.05) is 0 Å². The zero-order valence-electron chi connectivity index (χ0n) is 7.45. The molecule has 2 heterocycles. The molecule has 0 unspecified atom stereocenters. The molecule has 3 nitrogen and oxygen atoms in total. The molecule has 0 atom stereocenters. The minimum absolute atomic E-state index is 0.400. The fraction of sp³-hybridized carbons (Fsp3) is 0.333. The topological polar surface area (TPSA) is 30.2 Å². The van der Waals surface area contributed by atoms with Gasteiger partial charge in [0.15, 0.2) is 5.65 Å². The van der Waals surface area contributed by atoms with E-state index in [2.05, 4.69) is 30.1 Å². The summed E-state index contributed by atoms with van der Waals surface area (Å²) in [6, 6.07) is 1.60. The predicted octanol–water partition coefficient (Wildman–Crippen LogP) is 2.31. The van der Waals surface area contributed by atoms with E-state index < -0.39 is 0 Å². The van der Waals surface area contributed by atoms with E-state index in [1.54, 1.807) is 16.8 Å². The van der Waals surface area contributed by atoms with E-state index in [9.17, 15) is 0 Å². The van der Waals surface area contributed by atoms with Crippen molar-refractivity contribution in [3.05, 3.63) is 29.2 Å². The summed E-state index contributed by atoms with van der Waals surface area (Å²) in [5, 5.41) is 4.57. The Labute approximate surface area is 81.4 Å². The summed E-state index contributed by atoms with van der Waals surface area (Å²) < 4.78 is 1.61. The smallest absolute Gasteiger partial charge is 0.160 e. The molecule has 0 aromatic carbocycles. The van der Waals surface area contributed by atoms with Crippen molar-refractivity contribution in [2.24, 2.45) is 0 Å². The van der Waals surface area contributed by atoms with Gasteiger partial charge in [0, 0.05) is 11.6 Å². The second-order valence-corrected chi connectivity index (χ2v) is 3.59. The van der Waals surface area contributed by atoms with E-state index in [1.165, 1.54) is 0 Å². The highest BCUT2D eigenvalue weighted by molar-refractivity contribution is 6.29. The molecule has 2 rings (SSSR count). The van der Waals surface area contributed by atoms with Gasteiger partial charge in [0.2, 0.25) is 0 Å². The fourth-order valence-corrected chi connectivity index (χ4v) is 1.35. The lowest BCUT2D eigenvalue weighted by molar-refractivity contribution is 0.871. The van der Waals surface area contributed by atoms with Gasteiger partial charge in [0.05, 0.1) is 12.4 Å². The van der Waals surface area contributed by atoms with Crippen LogP contribution in [-0.2, 0) is 0 Å². The van der Waals surface area contributed by atoms with Crippen molar-refractivity contribution >= 4 is 17.2 Å². The predicted molar refractivity (Wildman–Crippen MR) is 50.9 cm³/mol. The molecule has 0 amide bonds. The molecule has 0 bridgehead atoms. The largest absolute Gasteiger partial charge is 0.217 e. The average Bonchev–Trinajstić information content (AvgIpc) is 2.46. The van der Waals surface area contributed by atoms with Gasteiger partial charge >= 0.3 is 0 Å². The summed E-state index contributed by atoms with van der Waals surface area (Å²) in [7, 11) is 0. The Balaban J connectivity index is 2.71. The van der Waals surface area contributed by atoms with Crippen molar-refractivity contribution < 1.29 is 0 Å². The van der Waals surface area contributed by atoms with Crippen LogP contribution in [0.1, 0.15) is 25.3 Å². The number of hydrogen-bond acceptors (Lipinski definition) is 2. The molecule has 1 radical (unpaired) electrons. The van der Waals surface area contributed by atoms with Gasteiger partial charge in [-0.05, 0) is 5.92 Å². The quantitative estimate of drug-likeness (QED) is 0.653. The van der Waals surface area contributed by atoms with Gasteiger partial charge in [-0.25, -0.2) is 9.50 Å². The zero-order chi connectivity index (χ0) is 9.42. The SMILES string of the molecule is CC(C)c1cnn2[c]cc(Cl)nc12. The van der Waals surface area contributed by atoms with Crippen molar-refractivity contribution in [2.75, 3.05) is 0 Å². The van der Waals surface area contributed by atoms with Gasteiger partial charge in [0.1, 0.15) is 5.15 Å². The summed E-state index contributed by atoms with van der Waals surface area (Å²) in [5.74, 6) is 0.400. The molecule has 0 aliphatic heterocycles. The lowest BCUT2D eigenvalue weighted by Gasteiger charge is -2.00. The summed E-state index contributed by atoms with van der Waals surface area (Å²) in [5.41, 5.74) is 1.89. The molecule has 0 aliphatic carbocycles. The molecule has 0 spiro atoms. The second-order valence-electron chi connectivity index (χ2n) is 3.20. The molecular weight excluding hydrogens is 186 g/mol. The van der Waals surface area contributed by atoms with Crippen LogP contribution in [-0.4, -0.2) is 14.6 Å². The van der Waals surface area contributed by atoms with Crippen LogP contribution in [0.4, 0.5) is 0 Å². The highest BCUT2D eigenvalue weighted by Gasteiger charge is 2.08. The molecule has 4 heteroatoms. The molecule has 2 aromatic heterocycles. The molecule has 0 fully saturated rings. The van der Waals surface area contributed by atoms with Gasteiger partial charge in [0.25, 0.3) is 0 Å². The third kappa shape index (κ3) is 1.40. The standard InChI is InChI=1S/C9H9ClN3/c1-6(2)7-5-11-13-4-3-8(10)12-9(7)13/h3,5-6H,1-2H3. The highest BCUT2D eigenvalue weighted by Crippen LogP contribution is 2.19. The molecule has 2 aromatic rings. The van der Waals surface area contributed by atoms with Crippen LogP contribution in [0.25, 0.3) is 5.65 Å². The fourth-order valence-electron chi connectivity index (χ4n) is 1.22. The van der Waals surface area contributed by atoms with Gasteiger partial charge in [-0.1, -0.05) is 25.4 Å². The monoisotopic (exact) mass is 194 g/mol. The number of aromatic nitrogens is 3. The number of halogens is 1. The molecule has 67 valence electrons. The first-order chi connectivity index (χ1) is 6.18. The Hall–Kier alpha value is -1.09. The van der Waals surface area contributed by atoms with E-state index in [4.69, 9.17) is 11.6 Å². The van der Waals surface area contributed by atoms with Crippen molar-refractivity contribution in [1.82, 2.24) is 14.6 Å². The van der Waals surface area contributed by atoms with Gasteiger partial charge < -0.3 is 0 Å². The van der Waals surface area contributed by atoms with Gasteiger partial charge in [-0.2, -0.15) is 5.10 Å². The first-order valence-electron chi connectivity index (χ1n) is 4.10. The molecular formula is C9H9ClN3. The average molecular weight is 195 g/mol. The Morgan fingerprint density at radius 3 is 3.00 bits per heavy atom. The number of nitrogens with zero attached hydrogens (tertiary/aromatic N) is 3. The molecule has 0 saturated heterocycles. The van der Waals surface area contributed by atoms with E-state index in [-0.39, 0.29) is 0 Å². The number of hydrogen-bond donors (Lipinski definition) is 0. The summed E-state index contributed by atoms with van der Waals surface area (Å²) in [6.45, 7) is 4.19. The summed E-state index contributed by atoms with van der Waals surface area (Å²) >= 11 is 5.77. The Kier molecular flexibility index (Phi) is 1.96. The van der Waals surface area contributed by atoms with Crippen LogP contribution in [0.15, 0.2) is 12.3 Å². The van der Waals surface area contributed by atoms with Crippen LogP contribution in [0, 0.1) is 6.20 Å². The lowest BCUT2D eigenvalue weighted by atomic mass is 10.1. The second kappa shape index (κ2) is 3.00. The maximum absolute atomic E-state index is 5.77. The summed E-state index contributed by atoms with van der Waals surface area (Å²) in [6.07, 6.45) is 4.71. The van der Waals surface area contributed by atoms with Crippen molar-refractivity contribution in [2.45, 2.75) is 19.8 Å². The summed E-state index contributed by atoms with van der Waals surface area (Å²) in [4.78, 5) is 4.19. The highest BCUT2D eigenvalue weighted by atomic mass is 35.5. The Bertz CT molecular complexity index is 433. The molecule has 0 N–H and O–H groups in total. The van der Waals surface area contributed by atoms with Crippen LogP contribution in [0.5, 0.6) is 0 Å². The minimum Gasteiger partial charge on any atom is -0.217 e. The van der Waals surface area contributed by atoms with Crippen LogP contribution >= 0.6 is 11.6 Å². The third-order valence-corrected chi connectivity index (χ3v) is 2.11. The van der Waals surface area contributed by atoms with Crippen LogP contribution < -0.4 is 0 Å². The molecule has 0 aliphatic rings. The van der Waals surface area contributed by atoms with Crippen molar-refractivity contribution in [1.29, 1.82) is 0 Å². The van der Waals surface area contributed by atoms with E-state index in [0.717, 1.165) is 11.2 Å². The van der Waals surface area contributed by atoms with E-state index in [0.29, 0.717) is 11.1 Å². The minimum atomic E-state index is 0.400. The van der Waals surface area contributed by atoms with Crippen molar-refractivity contribution in [3.8, 4) is 0 Å². The van der Waals surface area contributed by atoms with E-state index >= 15 is 0 Å². The number of rotatable bonds is 1. The third-order valence-electron chi connectivity index (χ3n) is 1.91. The van der Waals surface area contributed by atoms with Gasteiger partial charge in [-0.15, -0.1) is 0 Å². The Morgan fingerprint density at radius 1 is 1.54 bits per heavy atom. The maximum Gasteiger partial charge on any atom is 0.160 e. The zero-order valence-corrected chi connectivity index (χ0v) is 8.21. The normalized spacial score (nSPS) is 11.4. The molecule has 0 saturated carbocycles. The number of fused-ring (bicyclic) bond motifs is 1. The maximum atomic E-state index is 5.77. The Morgan fingerprint density at radius 2 is 2.31 bits per heavy atom. The lowest BCUT2D eigenvalue weighted by Crippen LogP contribution is -1.92. The first kappa shape index (κ1) is 8.51. The molecule has 13 heavy (non-hydrogen) atoms. The van der Waals surface area contributed by atoms with Crippen LogP contribution in [0.2, 0.25) is 5.15 Å².